The lowest BCUT2D eigenvalue weighted by molar-refractivity contribution is -0.124. The zero-order valence-electron chi connectivity index (χ0n) is 6.13. The van der Waals surface area contributed by atoms with Gasteiger partial charge in [0.15, 0.2) is 0 Å². The number of nitrogens with zero attached hydrogens (tertiary/aromatic N) is 1. The van der Waals surface area contributed by atoms with Gasteiger partial charge in [-0.15, -0.1) is 0 Å². The molecule has 0 saturated heterocycles. The first-order chi connectivity index (χ1) is 4.84. The molecular weight excluding hydrogens is 128 g/mol. The molecule has 3 nitrogen and oxygen atoms in total. The van der Waals surface area contributed by atoms with Crippen LogP contribution in [0.3, 0.4) is 0 Å². The zero-order valence-corrected chi connectivity index (χ0v) is 6.13. The van der Waals surface area contributed by atoms with Crippen molar-refractivity contribution in [2.75, 3.05) is 13.6 Å². The Kier molecular flexibility index (Phi) is 2.42. The van der Waals surface area contributed by atoms with Crippen molar-refractivity contribution < 1.29 is 4.79 Å². The molecule has 0 spiro atoms. The Hall–Kier alpha value is -0.860. The van der Waals surface area contributed by atoms with Crippen molar-refractivity contribution >= 4 is 12.1 Å². The van der Waals surface area contributed by atoms with Gasteiger partial charge in [-0.25, -0.2) is 0 Å². The molecule has 0 bridgehead atoms. The summed E-state index contributed by atoms with van der Waals surface area (Å²) in [4.78, 5) is 15.0. The van der Waals surface area contributed by atoms with E-state index in [1.807, 2.05) is 6.21 Å². The van der Waals surface area contributed by atoms with E-state index in [9.17, 15) is 4.79 Å². The SMILES string of the molecule is CNC(=O)C1CC=NCC1. The highest BCUT2D eigenvalue weighted by atomic mass is 16.1. The van der Waals surface area contributed by atoms with Crippen molar-refractivity contribution in [2.45, 2.75) is 12.8 Å². The fourth-order valence-corrected chi connectivity index (χ4v) is 1.08. The molecule has 56 valence electrons. The van der Waals surface area contributed by atoms with Gasteiger partial charge in [-0.05, 0) is 19.1 Å². The molecule has 10 heavy (non-hydrogen) atoms. The first-order valence-corrected chi connectivity index (χ1v) is 3.54. The number of carbonyl (C=O) groups excluding carboxylic acids is 1. The topological polar surface area (TPSA) is 41.5 Å². The molecule has 1 unspecified atom stereocenters. The van der Waals surface area contributed by atoms with Crippen LogP contribution in [0.25, 0.3) is 0 Å². The minimum Gasteiger partial charge on any atom is -0.359 e. The van der Waals surface area contributed by atoms with E-state index in [0.717, 1.165) is 19.4 Å². The van der Waals surface area contributed by atoms with Crippen molar-refractivity contribution in [1.29, 1.82) is 0 Å². The van der Waals surface area contributed by atoms with Gasteiger partial charge in [0.05, 0.1) is 0 Å². The number of amides is 1. The van der Waals surface area contributed by atoms with Crippen LogP contribution in [0.2, 0.25) is 0 Å². The average molecular weight is 140 g/mol. The summed E-state index contributed by atoms with van der Waals surface area (Å²) in [7, 11) is 1.67. The Morgan fingerprint density at radius 2 is 2.60 bits per heavy atom. The molecule has 0 saturated carbocycles. The van der Waals surface area contributed by atoms with E-state index < -0.39 is 0 Å². The van der Waals surface area contributed by atoms with Crippen molar-refractivity contribution in [3.8, 4) is 0 Å². The maximum atomic E-state index is 11.0. The van der Waals surface area contributed by atoms with Gasteiger partial charge in [-0.2, -0.15) is 0 Å². The molecule has 1 aliphatic rings. The maximum absolute atomic E-state index is 11.0. The number of hydrogen-bond acceptors (Lipinski definition) is 2. The van der Waals surface area contributed by atoms with Crippen LogP contribution in [-0.2, 0) is 4.79 Å². The third kappa shape index (κ3) is 1.56. The Balaban J connectivity index is 2.41. The van der Waals surface area contributed by atoms with Gasteiger partial charge in [0.25, 0.3) is 0 Å². The highest BCUT2D eigenvalue weighted by Crippen LogP contribution is 2.10. The summed E-state index contributed by atoms with van der Waals surface area (Å²) in [6.07, 6.45) is 3.54. The molecule has 0 aliphatic carbocycles. The molecule has 0 radical (unpaired) electrons. The van der Waals surface area contributed by atoms with E-state index in [2.05, 4.69) is 10.3 Å². The lowest BCUT2D eigenvalue weighted by atomic mass is 9.99. The molecular formula is C7H12N2O. The summed E-state index contributed by atoms with van der Waals surface area (Å²) in [6.45, 7) is 0.804. The second-order valence-electron chi connectivity index (χ2n) is 2.42. The Morgan fingerprint density at radius 1 is 1.80 bits per heavy atom. The third-order valence-electron chi connectivity index (χ3n) is 1.74. The van der Waals surface area contributed by atoms with Crippen molar-refractivity contribution in [1.82, 2.24) is 5.32 Å². The summed E-state index contributed by atoms with van der Waals surface area (Å²) >= 11 is 0. The Labute approximate surface area is 60.5 Å². The van der Waals surface area contributed by atoms with Crippen LogP contribution < -0.4 is 5.32 Å². The molecule has 1 amide bonds. The van der Waals surface area contributed by atoms with E-state index >= 15 is 0 Å². The first-order valence-electron chi connectivity index (χ1n) is 3.54. The van der Waals surface area contributed by atoms with Gasteiger partial charge in [0, 0.05) is 19.5 Å². The lowest BCUT2D eigenvalue weighted by Gasteiger charge is -2.14. The number of aliphatic imine (C=N–C) groups is 1. The Morgan fingerprint density at radius 3 is 3.10 bits per heavy atom. The van der Waals surface area contributed by atoms with Gasteiger partial charge in [-0.1, -0.05) is 0 Å². The molecule has 1 heterocycles. The summed E-state index contributed by atoms with van der Waals surface area (Å²) in [5, 5.41) is 2.63. The molecule has 0 fully saturated rings. The van der Waals surface area contributed by atoms with Crippen molar-refractivity contribution in [2.24, 2.45) is 10.9 Å². The van der Waals surface area contributed by atoms with Gasteiger partial charge in [0.1, 0.15) is 0 Å². The number of carbonyl (C=O) groups is 1. The summed E-state index contributed by atoms with van der Waals surface area (Å²) < 4.78 is 0. The normalized spacial score (nSPS) is 24.3. The predicted octanol–water partition coefficient (Wildman–Crippen LogP) is 0.213. The molecule has 0 aromatic carbocycles. The summed E-state index contributed by atoms with van der Waals surface area (Å²) in [5.74, 6) is 0.314. The summed E-state index contributed by atoms with van der Waals surface area (Å²) in [5.41, 5.74) is 0. The van der Waals surface area contributed by atoms with Crippen molar-refractivity contribution in [3.63, 3.8) is 0 Å². The van der Waals surface area contributed by atoms with Crippen LogP contribution >= 0.6 is 0 Å². The Bertz CT molecular complexity index is 154. The quantitative estimate of drug-likeness (QED) is 0.556. The third-order valence-corrected chi connectivity index (χ3v) is 1.74. The van der Waals surface area contributed by atoms with Crippen LogP contribution in [0, 0.1) is 5.92 Å². The van der Waals surface area contributed by atoms with E-state index in [1.54, 1.807) is 7.05 Å². The van der Waals surface area contributed by atoms with Gasteiger partial charge in [-0.3, -0.25) is 9.79 Å². The average Bonchev–Trinajstić information content (AvgIpc) is 2.05. The maximum Gasteiger partial charge on any atom is 0.223 e. The smallest absolute Gasteiger partial charge is 0.223 e. The standard InChI is InChI=1S/C7H12N2O/c1-8-7(10)6-2-4-9-5-3-6/h4,6H,2-3,5H2,1H3,(H,8,10). The van der Waals surface area contributed by atoms with Gasteiger partial charge < -0.3 is 5.32 Å². The second-order valence-corrected chi connectivity index (χ2v) is 2.42. The molecule has 1 N–H and O–H groups in total. The van der Waals surface area contributed by atoms with Crippen LogP contribution in [0.15, 0.2) is 4.99 Å². The summed E-state index contributed by atoms with van der Waals surface area (Å²) in [6, 6.07) is 0. The van der Waals surface area contributed by atoms with Crippen LogP contribution in [-0.4, -0.2) is 25.7 Å². The van der Waals surface area contributed by atoms with E-state index in [-0.39, 0.29) is 11.8 Å². The van der Waals surface area contributed by atoms with E-state index in [4.69, 9.17) is 0 Å². The fraction of sp³-hybridized carbons (Fsp3) is 0.714. The lowest BCUT2D eigenvalue weighted by Crippen LogP contribution is -2.29. The zero-order chi connectivity index (χ0) is 7.40. The van der Waals surface area contributed by atoms with Crippen LogP contribution in [0.1, 0.15) is 12.8 Å². The highest BCUT2D eigenvalue weighted by molar-refractivity contribution is 5.81. The molecule has 1 aliphatic heterocycles. The highest BCUT2D eigenvalue weighted by Gasteiger charge is 2.16. The molecule has 0 aromatic heterocycles. The van der Waals surface area contributed by atoms with E-state index in [0.29, 0.717) is 0 Å². The number of nitrogens with one attached hydrogen (secondary N) is 1. The molecule has 1 rings (SSSR count). The van der Waals surface area contributed by atoms with Crippen LogP contribution in [0.5, 0.6) is 0 Å². The predicted molar refractivity (Wildman–Crippen MR) is 40.1 cm³/mol. The number of hydrogen-bond donors (Lipinski definition) is 1. The molecule has 3 heteroatoms. The van der Waals surface area contributed by atoms with Gasteiger partial charge >= 0.3 is 0 Å². The minimum absolute atomic E-state index is 0.145. The second kappa shape index (κ2) is 3.34. The van der Waals surface area contributed by atoms with Gasteiger partial charge in [0.2, 0.25) is 5.91 Å². The van der Waals surface area contributed by atoms with Crippen LogP contribution in [0.4, 0.5) is 0 Å². The fourth-order valence-electron chi connectivity index (χ4n) is 1.08. The number of rotatable bonds is 1. The minimum atomic E-state index is 0.145. The van der Waals surface area contributed by atoms with Crippen molar-refractivity contribution in [3.05, 3.63) is 0 Å². The van der Waals surface area contributed by atoms with E-state index in [1.165, 1.54) is 0 Å². The first kappa shape index (κ1) is 7.25. The largest absolute Gasteiger partial charge is 0.359 e. The monoisotopic (exact) mass is 140 g/mol. The molecule has 0 aromatic rings. The molecule has 1 atom stereocenters.